The summed E-state index contributed by atoms with van der Waals surface area (Å²) < 4.78 is 14.5. The van der Waals surface area contributed by atoms with Crippen LogP contribution >= 0.6 is 0 Å². The molecule has 26 heavy (non-hydrogen) atoms. The van der Waals surface area contributed by atoms with Crippen molar-refractivity contribution >= 4 is 5.91 Å². The van der Waals surface area contributed by atoms with Gasteiger partial charge < -0.3 is 5.32 Å². The highest BCUT2D eigenvalue weighted by molar-refractivity contribution is 5.76. The summed E-state index contributed by atoms with van der Waals surface area (Å²) >= 11 is 0. The van der Waals surface area contributed by atoms with Crippen LogP contribution in [-0.2, 0) is 11.3 Å². The van der Waals surface area contributed by atoms with Gasteiger partial charge in [-0.05, 0) is 37.0 Å². The molecule has 136 valence electrons. The average Bonchev–Trinajstić information content (AvgIpc) is 2.94. The molecule has 2 aliphatic rings. The van der Waals surface area contributed by atoms with Gasteiger partial charge in [0.05, 0.1) is 0 Å². The monoisotopic (exact) mass is 353 g/mol. The lowest BCUT2D eigenvalue weighted by atomic mass is 9.97. The van der Waals surface area contributed by atoms with Gasteiger partial charge in [0.1, 0.15) is 5.82 Å². The van der Waals surface area contributed by atoms with Crippen molar-refractivity contribution in [1.29, 1.82) is 0 Å². The first-order valence-corrected chi connectivity index (χ1v) is 9.41. The van der Waals surface area contributed by atoms with Crippen LogP contribution in [0.15, 0.2) is 48.8 Å². The van der Waals surface area contributed by atoms with Crippen LogP contribution in [0.4, 0.5) is 4.39 Å². The van der Waals surface area contributed by atoms with Gasteiger partial charge in [0, 0.05) is 49.0 Å². The van der Waals surface area contributed by atoms with Crippen molar-refractivity contribution < 1.29 is 9.18 Å². The van der Waals surface area contributed by atoms with Crippen molar-refractivity contribution in [2.75, 3.05) is 0 Å². The first kappa shape index (κ1) is 17.2. The van der Waals surface area contributed by atoms with Gasteiger partial charge in [-0.2, -0.15) is 0 Å². The second-order valence-corrected chi connectivity index (χ2v) is 7.29. The topological polar surface area (TPSA) is 45.2 Å². The zero-order valence-electron chi connectivity index (χ0n) is 14.8. The van der Waals surface area contributed by atoms with E-state index in [0.717, 1.165) is 36.8 Å². The molecule has 2 aromatic rings. The molecule has 1 aromatic heterocycles. The van der Waals surface area contributed by atoms with Gasteiger partial charge in [-0.3, -0.25) is 14.7 Å². The molecule has 1 N–H and O–H groups in total. The molecule has 2 aliphatic heterocycles. The van der Waals surface area contributed by atoms with Crippen LogP contribution in [0.2, 0.25) is 0 Å². The highest BCUT2D eigenvalue weighted by Gasteiger charge is 2.43. The van der Waals surface area contributed by atoms with E-state index in [1.165, 1.54) is 6.07 Å². The van der Waals surface area contributed by atoms with Crippen LogP contribution in [0.3, 0.4) is 0 Å². The van der Waals surface area contributed by atoms with Gasteiger partial charge in [0.25, 0.3) is 0 Å². The standard InChI is InChI=1S/C21H24FN3O/c22-17-8-2-1-7-16(17)20-12-18-19(9-3-4-10-21(26)24-18)25(20)14-15-6-5-11-23-13-15/h1-2,5-8,11,13,18-20H,3-4,9-10,12,14H2,(H,24,26)/t18-,19+,20+/m1/s1. The van der Waals surface area contributed by atoms with Gasteiger partial charge >= 0.3 is 0 Å². The second-order valence-electron chi connectivity index (χ2n) is 7.29. The number of carbonyl (C=O) groups excluding carboxylic acids is 1. The summed E-state index contributed by atoms with van der Waals surface area (Å²) in [7, 11) is 0. The summed E-state index contributed by atoms with van der Waals surface area (Å²) in [4.78, 5) is 18.7. The summed E-state index contributed by atoms with van der Waals surface area (Å²) in [5.74, 6) is -0.0514. The van der Waals surface area contributed by atoms with Crippen molar-refractivity contribution in [2.45, 2.75) is 56.8 Å². The summed E-state index contributed by atoms with van der Waals surface area (Å²) in [6.45, 7) is 0.712. The molecular formula is C21H24FN3O. The number of fused-ring (bicyclic) bond motifs is 1. The van der Waals surface area contributed by atoms with E-state index in [2.05, 4.69) is 21.3 Å². The molecule has 0 unspecified atom stereocenters. The molecule has 2 saturated heterocycles. The number of benzene rings is 1. The Morgan fingerprint density at radius 2 is 2.08 bits per heavy atom. The van der Waals surface area contributed by atoms with Crippen molar-refractivity contribution in [3.05, 3.63) is 65.7 Å². The average molecular weight is 353 g/mol. The quantitative estimate of drug-likeness (QED) is 0.917. The van der Waals surface area contributed by atoms with E-state index >= 15 is 0 Å². The third kappa shape index (κ3) is 3.49. The minimum absolute atomic E-state index is 0.0372. The predicted octanol–water partition coefficient (Wildman–Crippen LogP) is 3.60. The fraction of sp³-hybridized carbons (Fsp3) is 0.429. The van der Waals surface area contributed by atoms with Gasteiger partial charge in [-0.25, -0.2) is 4.39 Å². The Bertz CT molecular complexity index is 767. The van der Waals surface area contributed by atoms with Gasteiger partial charge in [0.15, 0.2) is 0 Å². The maximum Gasteiger partial charge on any atom is 0.220 e. The van der Waals surface area contributed by atoms with Crippen LogP contribution < -0.4 is 5.32 Å². The van der Waals surface area contributed by atoms with E-state index in [1.807, 2.05) is 24.4 Å². The number of nitrogens with zero attached hydrogens (tertiary/aromatic N) is 2. The van der Waals surface area contributed by atoms with E-state index in [-0.39, 0.29) is 29.8 Å². The molecule has 1 amide bonds. The highest BCUT2D eigenvalue weighted by Crippen LogP contribution is 2.40. The maximum atomic E-state index is 14.5. The minimum Gasteiger partial charge on any atom is -0.352 e. The Labute approximate surface area is 153 Å². The lowest BCUT2D eigenvalue weighted by molar-refractivity contribution is -0.122. The van der Waals surface area contributed by atoms with Gasteiger partial charge in [-0.15, -0.1) is 0 Å². The number of rotatable bonds is 3. The van der Waals surface area contributed by atoms with Crippen LogP contribution in [0.1, 0.15) is 49.3 Å². The molecule has 0 aliphatic carbocycles. The number of hydrogen-bond acceptors (Lipinski definition) is 3. The normalized spacial score (nSPS) is 26.7. The van der Waals surface area contributed by atoms with Crippen LogP contribution in [0, 0.1) is 5.82 Å². The Kier molecular flexibility index (Phi) is 4.98. The van der Waals surface area contributed by atoms with E-state index in [4.69, 9.17) is 0 Å². The number of halogens is 1. The number of pyridine rings is 1. The molecule has 0 radical (unpaired) electrons. The second kappa shape index (κ2) is 7.54. The molecule has 5 heteroatoms. The molecule has 2 fully saturated rings. The number of nitrogens with one attached hydrogen (secondary N) is 1. The molecule has 0 bridgehead atoms. The highest BCUT2D eigenvalue weighted by atomic mass is 19.1. The first-order valence-electron chi connectivity index (χ1n) is 9.41. The van der Waals surface area contributed by atoms with E-state index in [0.29, 0.717) is 13.0 Å². The first-order chi connectivity index (χ1) is 12.7. The van der Waals surface area contributed by atoms with Crippen molar-refractivity contribution in [3.63, 3.8) is 0 Å². The number of hydrogen-bond donors (Lipinski definition) is 1. The van der Waals surface area contributed by atoms with Gasteiger partial charge in [-0.1, -0.05) is 30.7 Å². The summed E-state index contributed by atoms with van der Waals surface area (Å²) in [6.07, 6.45) is 7.94. The zero-order valence-corrected chi connectivity index (χ0v) is 14.8. The summed E-state index contributed by atoms with van der Waals surface area (Å²) in [6, 6.07) is 11.3. The molecular weight excluding hydrogens is 329 g/mol. The molecule has 4 rings (SSSR count). The van der Waals surface area contributed by atoms with Crippen molar-refractivity contribution in [2.24, 2.45) is 0 Å². The molecule has 3 heterocycles. The van der Waals surface area contributed by atoms with E-state index in [1.54, 1.807) is 12.3 Å². The van der Waals surface area contributed by atoms with E-state index < -0.39 is 0 Å². The fourth-order valence-corrected chi connectivity index (χ4v) is 4.42. The molecule has 3 atom stereocenters. The lowest BCUT2D eigenvalue weighted by Crippen LogP contribution is -2.46. The third-order valence-corrected chi connectivity index (χ3v) is 5.62. The molecule has 4 nitrogen and oxygen atoms in total. The lowest BCUT2D eigenvalue weighted by Gasteiger charge is -2.33. The smallest absolute Gasteiger partial charge is 0.220 e. The van der Waals surface area contributed by atoms with Crippen LogP contribution in [0.5, 0.6) is 0 Å². The maximum absolute atomic E-state index is 14.5. The Balaban J connectivity index is 1.68. The Morgan fingerprint density at radius 3 is 2.88 bits per heavy atom. The van der Waals surface area contributed by atoms with Crippen LogP contribution in [0.25, 0.3) is 0 Å². The summed E-state index contributed by atoms with van der Waals surface area (Å²) in [5.41, 5.74) is 1.83. The Morgan fingerprint density at radius 1 is 1.19 bits per heavy atom. The third-order valence-electron chi connectivity index (χ3n) is 5.62. The SMILES string of the molecule is O=C1CCCC[C@H]2[C@@H](C[C@@H](c3ccccc3F)N2Cc2cccnc2)N1. The van der Waals surface area contributed by atoms with Crippen molar-refractivity contribution in [3.8, 4) is 0 Å². The molecule has 0 spiro atoms. The number of aromatic nitrogens is 1. The largest absolute Gasteiger partial charge is 0.352 e. The number of carbonyl (C=O) groups is 1. The van der Waals surface area contributed by atoms with Crippen molar-refractivity contribution in [1.82, 2.24) is 15.2 Å². The van der Waals surface area contributed by atoms with Crippen LogP contribution in [-0.4, -0.2) is 27.9 Å². The zero-order chi connectivity index (χ0) is 17.9. The Hall–Kier alpha value is -2.27. The van der Waals surface area contributed by atoms with Gasteiger partial charge in [0.2, 0.25) is 5.91 Å². The summed E-state index contributed by atoms with van der Waals surface area (Å²) in [5, 5.41) is 3.20. The van der Waals surface area contributed by atoms with E-state index in [9.17, 15) is 9.18 Å². The number of amides is 1. The molecule has 0 saturated carbocycles. The molecule has 1 aromatic carbocycles. The predicted molar refractivity (Wildman–Crippen MR) is 97.7 cm³/mol. The fourth-order valence-electron chi connectivity index (χ4n) is 4.42. The number of likely N-dealkylation sites (tertiary alicyclic amines) is 1. The minimum atomic E-state index is -0.172.